The number of rotatable bonds is 4. The normalized spacial score (nSPS) is 11.4. The molecule has 0 fully saturated rings. The smallest absolute Gasteiger partial charge is 0.374 e. The molecular formula is C8H9BO. The molecule has 0 rings (SSSR count). The summed E-state index contributed by atoms with van der Waals surface area (Å²) >= 11 is 0. The lowest BCUT2D eigenvalue weighted by Crippen LogP contribution is -1.80. The second-order valence-corrected chi connectivity index (χ2v) is 1.52. The number of hydrogen-bond acceptors (Lipinski definition) is 1. The molecule has 2 radical (unpaired) electrons. The van der Waals surface area contributed by atoms with Crippen molar-refractivity contribution in [3.05, 3.63) is 49.3 Å². The van der Waals surface area contributed by atoms with Crippen molar-refractivity contribution in [2.75, 3.05) is 0 Å². The van der Waals surface area contributed by atoms with E-state index < -0.39 is 0 Å². The topological polar surface area (TPSA) is 9.23 Å². The molecule has 0 aromatic heterocycles. The Bertz CT molecular complexity index is 168. The highest BCUT2D eigenvalue weighted by Gasteiger charge is 1.81. The Kier molecular flexibility index (Phi) is 5.25. The van der Waals surface area contributed by atoms with Gasteiger partial charge in [-0.05, 0) is 12.2 Å². The zero-order valence-electron chi connectivity index (χ0n) is 5.79. The first-order valence-electron chi connectivity index (χ1n) is 2.83. The van der Waals surface area contributed by atoms with E-state index in [4.69, 9.17) is 8.05 Å². The fourth-order valence-electron chi connectivity index (χ4n) is 0.413. The molecular weight excluding hydrogens is 123 g/mol. The van der Waals surface area contributed by atoms with Gasteiger partial charge < -0.3 is 4.65 Å². The molecule has 0 atom stereocenters. The summed E-state index contributed by atoms with van der Waals surface area (Å²) in [7, 11) is 4.90. The Morgan fingerprint density at radius 2 is 2.00 bits per heavy atom. The van der Waals surface area contributed by atoms with Crippen LogP contribution in [0.3, 0.4) is 0 Å². The Labute approximate surface area is 62.8 Å². The molecule has 0 saturated heterocycles. The molecule has 50 valence electrons. The summed E-state index contributed by atoms with van der Waals surface area (Å²) in [5.41, 5.74) is 0. The summed E-state index contributed by atoms with van der Waals surface area (Å²) in [5.74, 6) is 0.551. The predicted octanol–water partition coefficient (Wildman–Crippen LogP) is 1.90. The fraction of sp³-hybridized carbons (Fsp3) is 0. The molecule has 0 aliphatic heterocycles. The summed E-state index contributed by atoms with van der Waals surface area (Å²) in [6.07, 6.45) is 8.29. The minimum atomic E-state index is 0.551. The third-order valence-electron chi connectivity index (χ3n) is 0.815. The first kappa shape index (κ1) is 8.82. The van der Waals surface area contributed by atoms with Crippen molar-refractivity contribution in [3.8, 4) is 0 Å². The second kappa shape index (κ2) is 5.95. The second-order valence-electron chi connectivity index (χ2n) is 1.52. The fourth-order valence-corrected chi connectivity index (χ4v) is 0.413. The van der Waals surface area contributed by atoms with E-state index in [0.717, 1.165) is 0 Å². The van der Waals surface area contributed by atoms with Crippen LogP contribution >= 0.6 is 0 Å². The van der Waals surface area contributed by atoms with Gasteiger partial charge in [0.05, 0.1) is 5.76 Å². The maximum Gasteiger partial charge on any atom is 0.374 e. The van der Waals surface area contributed by atoms with Gasteiger partial charge in [0, 0.05) is 0 Å². The third kappa shape index (κ3) is 3.78. The van der Waals surface area contributed by atoms with Crippen LogP contribution in [0.1, 0.15) is 0 Å². The molecule has 1 nitrogen and oxygen atoms in total. The minimum absolute atomic E-state index is 0.551. The Morgan fingerprint density at radius 3 is 2.40 bits per heavy atom. The van der Waals surface area contributed by atoms with Crippen molar-refractivity contribution in [1.29, 1.82) is 0 Å². The van der Waals surface area contributed by atoms with Crippen LogP contribution in [0.4, 0.5) is 0 Å². The van der Waals surface area contributed by atoms with Gasteiger partial charge in [-0.15, -0.1) is 0 Å². The van der Waals surface area contributed by atoms with E-state index in [1.54, 1.807) is 30.4 Å². The van der Waals surface area contributed by atoms with Crippen LogP contribution in [0.15, 0.2) is 49.3 Å². The van der Waals surface area contributed by atoms with Crippen LogP contribution in [0, 0.1) is 0 Å². The molecule has 0 bridgehead atoms. The lowest BCUT2D eigenvalue weighted by Gasteiger charge is -1.96. The maximum atomic E-state index is 4.90. The molecule has 0 amide bonds. The van der Waals surface area contributed by atoms with E-state index in [9.17, 15) is 0 Å². The molecule has 0 spiro atoms. The zero-order chi connectivity index (χ0) is 7.82. The highest BCUT2D eigenvalue weighted by Crippen LogP contribution is 1.96. The van der Waals surface area contributed by atoms with Crippen molar-refractivity contribution < 1.29 is 4.65 Å². The van der Waals surface area contributed by atoms with Crippen LogP contribution in [0.2, 0.25) is 0 Å². The SMILES string of the molecule is [B]OC(/C=C\C=C)=C/C=C. The average Bonchev–Trinajstić information content (AvgIpc) is 1.98. The van der Waals surface area contributed by atoms with Crippen LogP contribution in [0.5, 0.6) is 0 Å². The van der Waals surface area contributed by atoms with Crippen molar-refractivity contribution in [2.24, 2.45) is 0 Å². The summed E-state index contributed by atoms with van der Waals surface area (Å²) in [5, 5.41) is 0. The molecule has 0 aromatic carbocycles. The van der Waals surface area contributed by atoms with Crippen molar-refractivity contribution in [2.45, 2.75) is 0 Å². The van der Waals surface area contributed by atoms with Crippen LogP contribution in [0.25, 0.3) is 0 Å². The van der Waals surface area contributed by atoms with Crippen LogP contribution in [-0.4, -0.2) is 8.05 Å². The lowest BCUT2D eigenvalue weighted by atomic mass is 10.3. The molecule has 2 heteroatoms. The maximum absolute atomic E-state index is 4.90. The van der Waals surface area contributed by atoms with Gasteiger partial charge in [-0.25, -0.2) is 0 Å². The molecule has 0 saturated carbocycles. The first-order chi connectivity index (χ1) is 4.85. The van der Waals surface area contributed by atoms with Gasteiger partial charge >= 0.3 is 8.05 Å². The number of hydrogen-bond donors (Lipinski definition) is 0. The minimum Gasteiger partial charge on any atom is -0.568 e. The van der Waals surface area contributed by atoms with Gasteiger partial charge in [-0.2, -0.15) is 0 Å². The van der Waals surface area contributed by atoms with Gasteiger partial charge in [0.2, 0.25) is 0 Å². The average molecular weight is 132 g/mol. The highest BCUT2D eigenvalue weighted by molar-refractivity contribution is 5.99. The highest BCUT2D eigenvalue weighted by atomic mass is 16.4. The molecule has 0 unspecified atom stereocenters. The predicted molar refractivity (Wildman–Crippen MR) is 44.5 cm³/mol. The molecule has 10 heavy (non-hydrogen) atoms. The zero-order valence-corrected chi connectivity index (χ0v) is 5.79. The molecule has 0 aliphatic rings. The summed E-state index contributed by atoms with van der Waals surface area (Å²) < 4.78 is 4.45. The summed E-state index contributed by atoms with van der Waals surface area (Å²) in [6, 6.07) is 0. The van der Waals surface area contributed by atoms with E-state index in [-0.39, 0.29) is 0 Å². The molecule has 0 heterocycles. The van der Waals surface area contributed by atoms with Gasteiger partial charge in [-0.3, -0.25) is 0 Å². The standard InChI is InChI=1S/C8H9BO/c1-3-5-7-8(10-9)6-4-2/h3-7H,1-2H2/b7-5-,8-6+. The quantitative estimate of drug-likeness (QED) is 0.322. The summed E-state index contributed by atoms with van der Waals surface area (Å²) in [6.45, 7) is 6.98. The van der Waals surface area contributed by atoms with E-state index in [2.05, 4.69) is 17.8 Å². The molecule has 0 N–H and O–H groups in total. The first-order valence-corrected chi connectivity index (χ1v) is 2.83. The van der Waals surface area contributed by atoms with Crippen LogP contribution in [-0.2, 0) is 4.65 Å². The molecule has 0 aliphatic carbocycles. The molecule has 0 aromatic rings. The van der Waals surface area contributed by atoms with Gasteiger partial charge in [0.15, 0.2) is 0 Å². The third-order valence-corrected chi connectivity index (χ3v) is 0.815. The van der Waals surface area contributed by atoms with Gasteiger partial charge in [0.25, 0.3) is 0 Å². The monoisotopic (exact) mass is 132 g/mol. The summed E-state index contributed by atoms with van der Waals surface area (Å²) in [4.78, 5) is 0. The Balaban J connectivity index is 4.06. The Hall–Kier alpha value is -1.18. The largest absolute Gasteiger partial charge is 0.568 e. The van der Waals surface area contributed by atoms with Crippen molar-refractivity contribution >= 4 is 8.05 Å². The van der Waals surface area contributed by atoms with Gasteiger partial charge in [-0.1, -0.05) is 31.4 Å². The van der Waals surface area contributed by atoms with Gasteiger partial charge in [0.1, 0.15) is 0 Å². The van der Waals surface area contributed by atoms with E-state index in [1.807, 2.05) is 0 Å². The lowest BCUT2D eigenvalue weighted by molar-refractivity contribution is 0.492. The van der Waals surface area contributed by atoms with E-state index in [0.29, 0.717) is 5.76 Å². The van der Waals surface area contributed by atoms with E-state index >= 15 is 0 Å². The van der Waals surface area contributed by atoms with Crippen molar-refractivity contribution in [3.63, 3.8) is 0 Å². The van der Waals surface area contributed by atoms with Crippen LogP contribution < -0.4 is 0 Å². The van der Waals surface area contributed by atoms with Crippen molar-refractivity contribution in [1.82, 2.24) is 0 Å². The number of allylic oxidation sites excluding steroid dienone is 5. The van der Waals surface area contributed by atoms with E-state index in [1.165, 1.54) is 0 Å². The Morgan fingerprint density at radius 1 is 1.30 bits per heavy atom.